The summed E-state index contributed by atoms with van der Waals surface area (Å²) in [5.74, 6) is -1.51. The molecule has 0 bridgehead atoms. The largest absolute Gasteiger partial charge is 0.467 e. The molecule has 7 heteroatoms. The van der Waals surface area contributed by atoms with Crippen LogP contribution >= 0.6 is 0 Å². The van der Waals surface area contributed by atoms with E-state index in [-0.39, 0.29) is 11.5 Å². The molecule has 0 spiro atoms. The molecule has 0 aliphatic carbocycles. The first-order valence-corrected chi connectivity index (χ1v) is 4.80. The van der Waals surface area contributed by atoms with Crippen LogP contribution in [0, 0.1) is 5.82 Å². The van der Waals surface area contributed by atoms with Crippen molar-refractivity contribution in [1.82, 2.24) is 4.98 Å². The van der Waals surface area contributed by atoms with E-state index in [0.717, 1.165) is 19.2 Å². The van der Waals surface area contributed by atoms with Gasteiger partial charge in [0, 0.05) is 5.56 Å². The summed E-state index contributed by atoms with van der Waals surface area (Å²) in [4.78, 5) is 3.31. The van der Waals surface area contributed by atoms with Gasteiger partial charge < -0.3 is 9.15 Å². The molecule has 0 N–H and O–H groups in total. The van der Waals surface area contributed by atoms with Crippen molar-refractivity contribution in [1.29, 1.82) is 0 Å². The maximum absolute atomic E-state index is 12.7. The number of benzene rings is 1. The van der Waals surface area contributed by atoms with Crippen molar-refractivity contribution in [2.24, 2.45) is 0 Å². The van der Waals surface area contributed by atoms with Crippen molar-refractivity contribution < 1.29 is 26.7 Å². The SMILES string of the molecule is COc1oc(-c2ccc(F)cc2)nc1C(F)(F)F. The minimum Gasteiger partial charge on any atom is -0.467 e. The van der Waals surface area contributed by atoms with Gasteiger partial charge in [0.15, 0.2) is 0 Å². The van der Waals surface area contributed by atoms with Crippen LogP contribution in [-0.4, -0.2) is 12.1 Å². The molecule has 18 heavy (non-hydrogen) atoms. The number of hydrogen-bond acceptors (Lipinski definition) is 3. The summed E-state index contributed by atoms with van der Waals surface area (Å²) in [6, 6.07) is 4.72. The standard InChI is InChI=1S/C11H7F4NO2/c1-17-10-8(11(13,14)15)16-9(18-10)6-2-4-7(12)5-3-6/h2-5H,1H3. The van der Waals surface area contributed by atoms with Crippen LogP contribution in [0.25, 0.3) is 11.5 Å². The Morgan fingerprint density at radius 1 is 1.17 bits per heavy atom. The summed E-state index contributed by atoms with van der Waals surface area (Å²) in [6.45, 7) is 0. The molecule has 1 aromatic carbocycles. The molecule has 0 unspecified atom stereocenters. The predicted molar refractivity (Wildman–Crippen MR) is 53.5 cm³/mol. The molecule has 0 radical (unpaired) electrons. The van der Waals surface area contributed by atoms with Gasteiger partial charge in [-0.25, -0.2) is 9.37 Å². The number of aromatic nitrogens is 1. The average molecular weight is 261 g/mol. The maximum atomic E-state index is 12.7. The Bertz CT molecular complexity index is 545. The molecular formula is C11H7F4NO2. The molecule has 0 saturated carbocycles. The summed E-state index contributed by atoms with van der Waals surface area (Å²) in [6.07, 6.45) is -4.67. The van der Waals surface area contributed by atoms with E-state index in [9.17, 15) is 17.6 Å². The molecule has 1 heterocycles. The van der Waals surface area contributed by atoms with Crippen LogP contribution in [0.4, 0.5) is 17.6 Å². The number of hydrogen-bond donors (Lipinski definition) is 0. The van der Waals surface area contributed by atoms with Gasteiger partial charge in [0.2, 0.25) is 11.6 Å². The maximum Gasteiger partial charge on any atom is 0.440 e. The van der Waals surface area contributed by atoms with E-state index >= 15 is 0 Å². The first kappa shape index (κ1) is 12.4. The Morgan fingerprint density at radius 2 is 1.78 bits per heavy atom. The highest BCUT2D eigenvalue weighted by atomic mass is 19.4. The lowest BCUT2D eigenvalue weighted by Crippen LogP contribution is -2.07. The normalized spacial score (nSPS) is 11.6. The number of rotatable bonds is 2. The monoisotopic (exact) mass is 261 g/mol. The van der Waals surface area contributed by atoms with Crippen LogP contribution < -0.4 is 4.74 Å². The Hall–Kier alpha value is -2.05. The molecule has 0 fully saturated rings. The molecule has 0 aliphatic heterocycles. The lowest BCUT2D eigenvalue weighted by atomic mass is 10.2. The fourth-order valence-electron chi connectivity index (χ4n) is 1.34. The first-order valence-electron chi connectivity index (χ1n) is 4.80. The highest BCUT2D eigenvalue weighted by molar-refractivity contribution is 5.54. The molecular weight excluding hydrogens is 254 g/mol. The van der Waals surface area contributed by atoms with E-state index in [1.165, 1.54) is 12.1 Å². The zero-order valence-corrected chi connectivity index (χ0v) is 9.08. The number of ether oxygens (including phenoxy) is 1. The van der Waals surface area contributed by atoms with Gasteiger partial charge in [-0.05, 0) is 24.3 Å². The van der Waals surface area contributed by atoms with Crippen LogP contribution in [0.15, 0.2) is 28.7 Å². The third-order valence-electron chi connectivity index (χ3n) is 2.14. The molecule has 96 valence electrons. The number of alkyl halides is 3. The zero-order chi connectivity index (χ0) is 13.3. The van der Waals surface area contributed by atoms with Crippen LogP contribution in [0.5, 0.6) is 5.95 Å². The topological polar surface area (TPSA) is 35.3 Å². The molecule has 0 amide bonds. The fraction of sp³-hybridized carbons (Fsp3) is 0.182. The second-order valence-electron chi connectivity index (χ2n) is 3.36. The summed E-state index contributed by atoms with van der Waals surface area (Å²) in [5.41, 5.74) is -1.02. The van der Waals surface area contributed by atoms with Crippen LogP contribution in [-0.2, 0) is 6.18 Å². The third kappa shape index (κ3) is 2.29. The van der Waals surface area contributed by atoms with Crippen LogP contribution in [0.3, 0.4) is 0 Å². The van der Waals surface area contributed by atoms with Gasteiger partial charge in [-0.3, -0.25) is 0 Å². The van der Waals surface area contributed by atoms with Crippen LogP contribution in [0.2, 0.25) is 0 Å². The molecule has 2 aromatic rings. The van der Waals surface area contributed by atoms with Crippen molar-refractivity contribution in [3.05, 3.63) is 35.8 Å². The van der Waals surface area contributed by atoms with E-state index in [0.29, 0.717) is 0 Å². The van der Waals surface area contributed by atoms with Crippen LogP contribution in [0.1, 0.15) is 5.69 Å². The second kappa shape index (κ2) is 4.32. The average Bonchev–Trinajstić information content (AvgIpc) is 2.73. The number of nitrogens with zero attached hydrogens (tertiary/aromatic N) is 1. The van der Waals surface area contributed by atoms with Crippen molar-refractivity contribution in [2.75, 3.05) is 7.11 Å². The van der Waals surface area contributed by atoms with Gasteiger partial charge in [-0.15, -0.1) is 0 Å². The molecule has 0 aliphatic rings. The van der Waals surface area contributed by atoms with E-state index in [4.69, 9.17) is 4.42 Å². The number of methoxy groups -OCH3 is 1. The summed E-state index contributed by atoms with van der Waals surface area (Å²) >= 11 is 0. The van der Waals surface area contributed by atoms with Gasteiger partial charge in [-0.2, -0.15) is 13.2 Å². The fourth-order valence-corrected chi connectivity index (χ4v) is 1.34. The smallest absolute Gasteiger partial charge is 0.440 e. The molecule has 1 aromatic heterocycles. The summed E-state index contributed by atoms with van der Waals surface area (Å²) in [5, 5.41) is 0. The highest BCUT2D eigenvalue weighted by Crippen LogP contribution is 2.38. The molecule has 0 saturated heterocycles. The van der Waals surface area contributed by atoms with Crippen molar-refractivity contribution in [3.8, 4) is 17.4 Å². The zero-order valence-electron chi connectivity index (χ0n) is 9.08. The highest BCUT2D eigenvalue weighted by Gasteiger charge is 2.40. The second-order valence-corrected chi connectivity index (χ2v) is 3.36. The summed E-state index contributed by atoms with van der Waals surface area (Å²) in [7, 11) is 1.05. The van der Waals surface area contributed by atoms with E-state index in [1.54, 1.807) is 0 Å². The summed E-state index contributed by atoms with van der Waals surface area (Å²) < 4.78 is 59.7. The Balaban J connectivity index is 2.47. The number of oxazole rings is 1. The molecule has 0 atom stereocenters. The third-order valence-corrected chi connectivity index (χ3v) is 2.14. The Morgan fingerprint density at radius 3 is 2.22 bits per heavy atom. The van der Waals surface area contributed by atoms with Gasteiger partial charge in [0.1, 0.15) is 5.82 Å². The van der Waals surface area contributed by atoms with Gasteiger partial charge >= 0.3 is 12.1 Å². The predicted octanol–water partition coefficient (Wildman–Crippen LogP) is 3.51. The lowest BCUT2D eigenvalue weighted by Gasteiger charge is -2.01. The Labute approximate surface area is 99.0 Å². The molecule has 3 nitrogen and oxygen atoms in total. The van der Waals surface area contributed by atoms with Crippen molar-refractivity contribution in [3.63, 3.8) is 0 Å². The van der Waals surface area contributed by atoms with E-state index in [1.807, 2.05) is 0 Å². The minimum absolute atomic E-state index is 0.227. The minimum atomic E-state index is -4.67. The van der Waals surface area contributed by atoms with E-state index in [2.05, 4.69) is 9.72 Å². The van der Waals surface area contributed by atoms with Crippen molar-refractivity contribution >= 4 is 0 Å². The van der Waals surface area contributed by atoms with Gasteiger partial charge in [-0.1, -0.05) is 0 Å². The lowest BCUT2D eigenvalue weighted by molar-refractivity contribution is -0.142. The van der Waals surface area contributed by atoms with Gasteiger partial charge in [0.25, 0.3) is 0 Å². The van der Waals surface area contributed by atoms with Crippen molar-refractivity contribution in [2.45, 2.75) is 6.18 Å². The van der Waals surface area contributed by atoms with Gasteiger partial charge in [0.05, 0.1) is 7.11 Å². The molecule has 2 rings (SSSR count). The Kier molecular flexibility index (Phi) is 2.98. The number of halogens is 4. The van der Waals surface area contributed by atoms with E-state index < -0.39 is 23.6 Å². The quantitative estimate of drug-likeness (QED) is 0.776. The first-order chi connectivity index (χ1) is 8.41.